The molecule has 0 aliphatic carbocycles. The number of nitro groups is 1. The quantitative estimate of drug-likeness (QED) is 0.235. The van der Waals surface area contributed by atoms with Crippen molar-refractivity contribution in [3.8, 4) is 5.75 Å². The van der Waals surface area contributed by atoms with Gasteiger partial charge in [0.15, 0.2) is 5.43 Å². The Morgan fingerprint density at radius 3 is 2.45 bits per heavy atom. The van der Waals surface area contributed by atoms with Gasteiger partial charge < -0.3 is 20.3 Å². The molecule has 8 heteroatoms. The van der Waals surface area contributed by atoms with E-state index in [1.54, 1.807) is 12.1 Å². The number of unbranched alkanes of at least 4 members (excludes halogenated alkanes) is 2. The molecule has 0 atom stereocenters. The Balaban J connectivity index is 1.95. The van der Waals surface area contributed by atoms with E-state index in [1.807, 2.05) is 0 Å². The van der Waals surface area contributed by atoms with Crippen LogP contribution in [0.25, 0.3) is 21.8 Å². The van der Waals surface area contributed by atoms with Crippen molar-refractivity contribution in [3.63, 3.8) is 0 Å². The summed E-state index contributed by atoms with van der Waals surface area (Å²) in [5, 5.41) is 25.2. The zero-order chi connectivity index (χ0) is 22.4. The molecule has 0 bridgehead atoms. The van der Waals surface area contributed by atoms with Gasteiger partial charge in [0.05, 0.1) is 15.8 Å². The molecule has 0 saturated carbocycles. The number of aromatic nitrogens is 1. The summed E-state index contributed by atoms with van der Waals surface area (Å²) in [6.45, 7) is 7.86. The maximum Gasteiger partial charge on any atom is 0.293 e. The predicted octanol–water partition coefficient (Wildman–Crippen LogP) is 4.61. The molecule has 1 aromatic heterocycles. The number of benzene rings is 2. The fraction of sp³-hybridized carbons (Fsp3) is 0.435. The minimum Gasteiger partial charge on any atom is -0.508 e. The van der Waals surface area contributed by atoms with Crippen LogP contribution in [-0.4, -0.2) is 46.1 Å². The topological polar surface area (TPSA) is 112 Å². The van der Waals surface area contributed by atoms with Crippen LogP contribution in [0.3, 0.4) is 0 Å². The first kappa shape index (κ1) is 22.6. The van der Waals surface area contributed by atoms with Gasteiger partial charge in [0.1, 0.15) is 11.3 Å². The van der Waals surface area contributed by atoms with Crippen molar-refractivity contribution in [2.75, 3.05) is 31.5 Å². The lowest BCUT2D eigenvalue weighted by Crippen LogP contribution is -2.31. The summed E-state index contributed by atoms with van der Waals surface area (Å²) in [7, 11) is 0. The van der Waals surface area contributed by atoms with E-state index in [1.165, 1.54) is 18.2 Å². The van der Waals surface area contributed by atoms with Crippen LogP contribution in [0.2, 0.25) is 0 Å². The molecule has 0 fully saturated rings. The Bertz CT molecular complexity index is 1120. The molecule has 1 heterocycles. The average Bonchev–Trinajstić information content (AvgIpc) is 2.75. The van der Waals surface area contributed by atoms with E-state index in [4.69, 9.17) is 0 Å². The van der Waals surface area contributed by atoms with Crippen LogP contribution in [0, 0.1) is 10.1 Å². The third-order valence-electron chi connectivity index (χ3n) is 5.51. The third-order valence-corrected chi connectivity index (χ3v) is 5.51. The molecule has 3 rings (SSSR count). The highest BCUT2D eigenvalue weighted by molar-refractivity contribution is 6.03. The lowest BCUT2D eigenvalue weighted by molar-refractivity contribution is -0.383. The summed E-state index contributed by atoms with van der Waals surface area (Å²) in [5.41, 5.74) is 0.686. The molecule has 8 nitrogen and oxygen atoms in total. The Labute approximate surface area is 181 Å². The fourth-order valence-corrected chi connectivity index (χ4v) is 3.80. The zero-order valence-corrected chi connectivity index (χ0v) is 18.1. The molecule has 3 N–H and O–H groups in total. The number of nitro benzene ring substituents is 1. The Morgan fingerprint density at radius 1 is 1.10 bits per heavy atom. The first-order chi connectivity index (χ1) is 15.0. The number of pyridine rings is 1. The number of hydrogen-bond acceptors (Lipinski definition) is 6. The van der Waals surface area contributed by atoms with Gasteiger partial charge in [-0.1, -0.05) is 26.7 Å². The van der Waals surface area contributed by atoms with E-state index < -0.39 is 4.92 Å². The number of aromatic amines is 1. The van der Waals surface area contributed by atoms with Gasteiger partial charge in [0.25, 0.3) is 5.69 Å². The van der Waals surface area contributed by atoms with Crippen molar-refractivity contribution in [1.29, 1.82) is 0 Å². The average molecular weight is 427 g/mol. The van der Waals surface area contributed by atoms with Gasteiger partial charge in [0.2, 0.25) is 0 Å². The molecular weight excluding hydrogens is 396 g/mol. The normalized spacial score (nSPS) is 11.5. The molecule has 2 aromatic carbocycles. The van der Waals surface area contributed by atoms with Crippen molar-refractivity contribution < 1.29 is 10.0 Å². The van der Waals surface area contributed by atoms with E-state index in [9.17, 15) is 20.0 Å². The van der Waals surface area contributed by atoms with E-state index in [2.05, 4.69) is 29.0 Å². The first-order valence-electron chi connectivity index (χ1n) is 10.9. The molecule has 0 spiro atoms. The highest BCUT2D eigenvalue weighted by Gasteiger charge is 2.19. The second kappa shape index (κ2) is 10.3. The Hall–Kier alpha value is -3.13. The number of non-ortho nitro benzene ring substituents is 1. The highest BCUT2D eigenvalue weighted by atomic mass is 16.6. The smallest absolute Gasteiger partial charge is 0.293 e. The summed E-state index contributed by atoms with van der Waals surface area (Å²) in [6, 6.07) is 7.38. The summed E-state index contributed by atoms with van der Waals surface area (Å²) >= 11 is 0. The summed E-state index contributed by atoms with van der Waals surface area (Å²) in [5.74, 6) is -0.0280. The van der Waals surface area contributed by atoms with Crippen molar-refractivity contribution in [2.45, 2.75) is 39.5 Å². The lowest BCUT2D eigenvalue weighted by Gasteiger charge is -2.22. The molecule has 0 saturated heterocycles. The van der Waals surface area contributed by atoms with E-state index in [0.717, 1.165) is 45.3 Å². The van der Waals surface area contributed by atoms with Crippen LogP contribution in [0.1, 0.15) is 39.5 Å². The number of anilines is 1. The lowest BCUT2D eigenvalue weighted by atomic mass is 10.1. The second-order valence-electron chi connectivity index (χ2n) is 7.80. The number of hydrogen-bond donors (Lipinski definition) is 3. The van der Waals surface area contributed by atoms with Crippen molar-refractivity contribution in [3.05, 3.63) is 50.7 Å². The maximum absolute atomic E-state index is 13.2. The molecular formula is C23H30N4O4. The number of H-pyrrole nitrogens is 1. The molecule has 0 amide bonds. The molecule has 3 aromatic rings. The predicted molar refractivity (Wildman–Crippen MR) is 125 cm³/mol. The Morgan fingerprint density at radius 2 is 1.81 bits per heavy atom. The molecule has 0 aliphatic rings. The molecule has 166 valence electrons. The first-order valence-corrected chi connectivity index (χ1v) is 10.9. The van der Waals surface area contributed by atoms with Crippen molar-refractivity contribution in [2.24, 2.45) is 0 Å². The van der Waals surface area contributed by atoms with Crippen molar-refractivity contribution >= 4 is 33.2 Å². The van der Waals surface area contributed by atoms with Crippen LogP contribution >= 0.6 is 0 Å². The monoisotopic (exact) mass is 426 g/mol. The number of rotatable bonds is 11. The van der Waals surface area contributed by atoms with Crippen LogP contribution in [0.5, 0.6) is 5.75 Å². The van der Waals surface area contributed by atoms with Gasteiger partial charge >= 0.3 is 0 Å². The van der Waals surface area contributed by atoms with E-state index >= 15 is 0 Å². The molecule has 0 unspecified atom stereocenters. The van der Waals surface area contributed by atoms with Gasteiger partial charge in [-0.25, -0.2) is 0 Å². The van der Waals surface area contributed by atoms with Crippen molar-refractivity contribution in [1.82, 2.24) is 9.88 Å². The number of aromatic hydroxyl groups is 1. The number of fused-ring (bicyclic) bond motifs is 2. The van der Waals surface area contributed by atoms with Crippen LogP contribution in [0.15, 0.2) is 35.1 Å². The molecule has 0 radical (unpaired) electrons. The van der Waals surface area contributed by atoms with Crippen LogP contribution in [0.4, 0.5) is 11.4 Å². The van der Waals surface area contributed by atoms with E-state index in [0.29, 0.717) is 23.1 Å². The number of nitrogens with zero attached hydrogens (tertiary/aromatic N) is 2. The molecule has 31 heavy (non-hydrogen) atoms. The highest BCUT2D eigenvalue weighted by Crippen LogP contribution is 2.30. The van der Waals surface area contributed by atoms with Gasteiger partial charge in [0, 0.05) is 30.2 Å². The third kappa shape index (κ3) is 5.14. The van der Waals surface area contributed by atoms with Gasteiger partial charge in [-0.2, -0.15) is 0 Å². The minimum absolute atomic E-state index is 0.0280. The van der Waals surface area contributed by atoms with E-state index in [-0.39, 0.29) is 27.8 Å². The second-order valence-corrected chi connectivity index (χ2v) is 7.80. The SMILES string of the molecule is CCCCN(CCCC)CCNc1ccc([N+](=O)[O-])c2[nH]c3ccc(O)cc3c(=O)c12. The summed E-state index contributed by atoms with van der Waals surface area (Å²) in [4.78, 5) is 29.7. The van der Waals surface area contributed by atoms with Gasteiger partial charge in [-0.05, 0) is 50.2 Å². The molecule has 0 aliphatic heterocycles. The Kier molecular flexibility index (Phi) is 7.46. The number of phenolic OH excluding ortho intramolecular Hbond substituents is 1. The summed E-state index contributed by atoms with van der Waals surface area (Å²) in [6.07, 6.45) is 4.55. The standard InChI is InChI=1S/C23H30N4O4/c1-3-5-12-26(13-6-4-2)14-11-24-19-9-10-20(27(30)31)22-21(19)23(29)17-15-16(28)7-8-18(17)25-22/h7-10,15,24,28H,3-6,11-14H2,1-2H3,(H,25,29). The largest absolute Gasteiger partial charge is 0.508 e. The van der Waals surface area contributed by atoms with Gasteiger partial charge in [-0.3, -0.25) is 14.9 Å². The number of nitrogens with one attached hydrogen (secondary N) is 2. The van der Waals surface area contributed by atoms with Gasteiger partial charge in [-0.15, -0.1) is 0 Å². The zero-order valence-electron chi connectivity index (χ0n) is 18.1. The fourth-order valence-electron chi connectivity index (χ4n) is 3.80. The number of phenols is 1. The minimum atomic E-state index is -0.495. The van der Waals surface area contributed by atoms with Crippen LogP contribution in [-0.2, 0) is 0 Å². The van der Waals surface area contributed by atoms with Crippen LogP contribution < -0.4 is 10.7 Å². The summed E-state index contributed by atoms with van der Waals surface area (Å²) < 4.78 is 0. The maximum atomic E-state index is 13.2.